The predicted molar refractivity (Wildman–Crippen MR) is 58.3 cm³/mol. The predicted octanol–water partition coefficient (Wildman–Crippen LogP) is 1.75. The second-order valence-corrected chi connectivity index (χ2v) is 3.18. The van der Waals surface area contributed by atoms with E-state index in [2.05, 4.69) is 20.3 Å². The number of hydrogen-bond acceptors (Lipinski definition) is 4. The highest BCUT2D eigenvalue weighted by Gasteiger charge is 2.00. The van der Waals surface area contributed by atoms with Gasteiger partial charge in [-0.2, -0.15) is 0 Å². The molecule has 2 aromatic rings. The first-order valence-electron chi connectivity index (χ1n) is 4.32. The Morgan fingerprint density at radius 2 is 2.33 bits per heavy atom. The van der Waals surface area contributed by atoms with Gasteiger partial charge in [0.05, 0.1) is 12.8 Å². The fourth-order valence-electron chi connectivity index (χ4n) is 1.02. The zero-order chi connectivity index (χ0) is 10.5. The SMILES string of the molecule is S=C(NCc1ccco1)Nc1ccon1. The average Bonchev–Trinajstić information content (AvgIpc) is 2.86. The second-order valence-electron chi connectivity index (χ2n) is 2.77. The molecule has 5 nitrogen and oxygen atoms in total. The molecule has 2 aromatic heterocycles. The second kappa shape index (κ2) is 4.61. The van der Waals surface area contributed by atoms with Gasteiger partial charge in [-0.15, -0.1) is 0 Å². The third-order valence-corrected chi connectivity index (χ3v) is 1.93. The molecule has 6 heteroatoms. The normalized spacial score (nSPS) is 9.87. The molecule has 0 unspecified atom stereocenters. The van der Waals surface area contributed by atoms with Gasteiger partial charge in [-0.1, -0.05) is 5.16 Å². The standard InChI is InChI=1S/C9H9N3O2S/c15-9(11-8-3-5-14-12-8)10-6-7-2-1-4-13-7/h1-5H,6H2,(H2,10,11,12,15). The average molecular weight is 223 g/mol. The number of thiocarbonyl (C=S) groups is 1. The van der Waals surface area contributed by atoms with Crippen LogP contribution in [0.25, 0.3) is 0 Å². The van der Waals surface area contributed by atoms with E-state index in [4.69, 9.17) is 16.6 Å². The lowest BCUT2D eigenvalue weighted by atomic mass is 10.4. The lowest BCUT2D eigenvalue weighted by Gasteiger charge is -2.05. The molecule has 15 heavy (non-hydrogen) atoms. The van der Waals surface area contributed by atoms with Crippen molar-refractivity contribution in [2.24, 2.45) is 0 Å². The highest BCUT2D eigenvalue weighted by Crippen LogP contribution is 2.02. The number of hydrogen-bond donors (Lipinski definition) is 2. The van der Waals surface area contributed by atoms with Gasteiger partial charge in [0.1, 0.15) is 12.0 Å². The van der Waals surface area contributed by atoms with Crippen molar-refractivity contribution in [3.8, 4) is 0 Å². The van der Waals surface area contributed by atoms with E-state index in [9.17, 15) is 0 Å². The van der Waals surface area contributed by atoms with Crippen molar-refractivity contribution >= 4 is 23.1 Å². The molecule has 0 fully saturated rings. The van der Waals surface area contributed by atoms with E-state index in [1.165, 1.54) is 6.26 Å². The molecule has 78 valence electrons. The van der Waals surface area contributed by atoms with Crippen LogP contribution in [0.1, 0.15) is 5.76 Å². The highest BCUT2D eigenvalue weighted by molar-refractivity contribution is 7.80. The molecule has 0 saturated heterocycles. The Morgan fingerprint density at radius 3 is 3.00 bits per heavy atom. The zero-order valence-corrected chi connectivity index (χ0v) is 8.58. The first-order chi connectivity index (χ1) is 7.34. The minimum Gasteiger partial charge on any atom is -0.467 e. The van der Waals surface area contributed by atoms with Crippen LogP contribution in [0, 0.1) is 0 Å². The molecule has 0 atom stereocenters. The molecule has 0 amide bonds. The number of nitrogens with zero attached hydrogens (tertiary/aromatic N) is 1. The summed E-state index contributed by atoms with van der Waals surface area (Å²) in [5.74, 6) is 1.39. The van der Waals surface area contributed by atoms with Crippen molar-refractivity contribution in [1.29, 1.82) is 0 Å². The van der Waals surface area contributed by atoms with Gasteiger partial charge < -0.3 is 19.6 Å². The third kappa shape index (κ3) is 2.81. The van der Waals surface area contributed by atoms with Gasteiger partial charge in [-0.3, -0.25) is 0 Å². The topological polar surface area (TPSA) is 63.2 Å². The molecule has 0 aliphatic carbocycles. The molecule has 2 heterocycles. The largest absolute Gasteiger partial charge is 0.467 e. The van der Waals surface area contributed by atoms with Crippen molar-refractivity contribution in [3.63, 3.8) is 0 Å². The summed E-state index contributed by atoms with van der Waals surface area (Å²) in [4.78, 5) is 0. The van der Waals surface area contributed by atoms with Gasteiger partial charge >= 0.3 is 0 Å². The van der Waals surface area contributed by atoms with Crippen LogP contribution in [0.15, 0.2) is 39.7 Å². The first-order valence-corrected chi connectivity index (χ1v) is 4.73. The molecular weight excluding hydrogens is 214 g/mol. The van der Waals surface area contributed by atoms with Gasteiger partial charge in [-0.05, 0) is 24.4 Å². The number of anilines is 1. The molecule has 0 saturated carbocycles. The Bertz CT molecular complexity index is 411. The van der Waals surface area contributed by atoms with Crippen molar-refractivity contribution in [2.75, 3.05) is 5.32 Å². The summed E-state index contributed by atoms with van der Waals surface area (Å²) in [6.07, 6.45) is 3.09. The Labute approximate surface area is 91.4 Å². The Kier molecular flexibility index (Phi) is 2.99. The van der Waals surface area contributed by atoms with Crippen LogP contribution in [-0.4, -0.2) is 10.3 Å². The zero-order valence-electron chi connectivity index (χ0n) is 7.77. The Hall–Kier alpha value is -1.82. The van der Waals surface area contributed by atoms with Gasteiger partial charge in [0.15, 0.2) is 10.9 Å². The van der Waals surface area contributed by atoms with E-state index in [-0.39, 0.29) is 0 Å². The monoisotopic (exact) mass is 223 g/mol. The van der Waals surface area contributed by atoms with Crippen molar-refractivity contribution in [1.82, 2.24) is 10.5 Å². The van der Waals surface area contributed by atoms with Crippen molar-refractivity contribution < 1.29 is 8.94 Å². The maximum Gasteiger partial charge on any atom is 0.175 e. The molecule has 0 aliphatic rings. The van der Waals surface area contributed by atoms with E-state index in [1.54, 1.807) is 12.3 Å². The van der Waals surface area contributed by atoms with Crippen molar-refractivity contribution in [3.05, 3.63) is 36.5 Å². The fourth-order valence-corrected chi connectivity index (χ4v) is 1.19. The summed E-state index contributed by atoms with van der Waals surface area (Å²) >= 11 is 5.03. The summed E-state index contributed by atoms with van der Waals surface area (Å²) in [7, 11) is 0. The molecule has 0 bridgehead atoms. The minimum atomic E-state index is 0.473. The van der Waals surface area contributed by atoms with Crippen LogP contribution in [0.4, 0.5) is 5.82 Å². The van der Waals surface area contributed by atoms with E-state index < -0.39 is 0 Å². The molecule has 2 rings (SSSR count). The van der Waals surface area contributed by atoms with Crippen LogP contribution >= 0.6 is 12.2 Å². The van der Waals surface area contributed by atoms with Crippen LogP contribution in [-0.2, 0) is 6.54 Å². The van der Waals surface area contributed by atoms with E-state index in [1.807, 2.05) is 12.1 Å². The van der Waals surface area contributed by atoms with Crippen LogP contribution in [0.5, 0.6) is 0 Å². The minimum absolute atomic E-state index is 0.473. The lowest BCUT2D eigenvalue weighted by Crippen LogP contribution is -2.27. The number of aromatic nitrogens is 1. The van der Waals surface area contributed by atoms with Crippen LogP contribution in [0.2, 0.25) is 0 Å². The summed E-state index contributed by atoms with van der Waals surface area (Å²) < 4.78 is 9.78. The molecule has 0 aromatic carbocycles. The fraction of sp³-hybridized carbons (Fsp3) is 0.111. The van der Waals surface area contributed by atoms with E-state index in [0.717, 1.165) is 5.76 Å². The molecular formula is C9H9N3O2S. The number of rotatable bonds is 3. The Balaban J connectivity index is 1.78. The first kappa shape index (κ1) is 9.72. The van der Waals surface area contributed by atoms with Gasteiger partial charge in [0.2, 0.25) is 0 Å². The van der Waals surface area contributed by atoms with Crippen LogP contribution in [0.3, 0.4) is 0 Å². The molecule has 0 spiro atoms. The van der Waals surface area contributed by atoms with Gasteiger partial charge in [0.25, 0.3) is 0 Å². The highest BCUT2D eigenvalue weighted by atomic mass is 32.1. The maximum absolute atomic E-state index is 5.14. The Morgan fingerprint density at radius 1 is 1.40 bits per heavy atom. The van der Waals surface area contributed by atoms with E-state index in [0.29, 0.717) is 17.5 Å². The molecule has 2 N–H and O–H groups in total. The third-order valence-electron chi connectivity index (χ3n) is 1.68. The van der Waals surface area contributed by atoms with Crippen molar-refractivity contribution in [2.45, 2.75) is 6.54 Å². The van der Waals surface area contributed by atoms with Gasteiger partial charge in [0, 0.05) is 6.07 Å². The van der Waals surface area contributed by atoms with Gasteiger partial charge in [-0.25, -0.2) is 0 Å². The summed E-state index contributed by atoms with van der Waals surface area (Å²) in [6, 6.07) is 5.37. The smallest absolute Gasteiger partial charge is 0.175 e. The number of nitrogens with one attached hydrogen (secondary N) is 2. The summed E-state index contributed by atoms with van der Waals surface area (Å²) in [6.45, 7) is 0.538. The number of furan rings is 1. The summed E-state index contributed by atoms with van der Waals surface area (Å²) in [5.41, 5.74) is 0. The molecule has 0 aliphatic heterocycles. The summed E-state index contributed by atoms with van der Waals surface area (Å²) in [5, 5.41) is 9.96. The lowest BCUT2D eigenvalue weighted by molar-refractivity contribution is 0.423. The van der Waals surface area contributed by atoms with E-state index >= 15 is 0 Å². The molecule has 0 radical (unpaired) electrons. The van der Waals surface area contributed by atoms with Crippen LogP contribution < -0.4 is 10.6 Å². The maximum atomic E-state index is 5.14. The quantitative estimate of drug-likeness (QED) is 0.773.